The number of aromatic nitrogens is 3. The highest BCUT2D eigenvalue weighted by molar-refractivity contribution is 5.74. The molecular formula is C12H18N4O2. The molecule has 0 saturated heterocycles. The second-order valence-corrected chi connectivity index (χ2v) is 4.29. The monoisotopic (exact) mass is 250 g/mol. The van der Waals surface area contributed by atoms with Crippen molar-refractivity contribution < 1.29 is 10.2 Å². The van der Waals surface area contributed by atoms with Gasteiger partial charge in [-0.15, -0.1) is 5.10 Å². The fourth-order valence-electron chi connectivity index (χ4n) is 1.91. The van der Waals surface area contributed by atoms with Crippen molar-refractivity contribution in [3.05, 3.63) is 23.8 Å². The van der Waals surface area contributed by atoms with E-state index in [-0.39, 0.29) is 13.2 Å². The smallest absolute Gasteiger partial charge is 0.113 e. The molecule has 2 N–H and O–H groups in total. The van der Waals surface area contributed by atoms with E-state index >= 15 is 0 Å². The third-order valence-corrected chi connectivity index (χ3v) is 2.84. The Morgan fingerprint density at radius 1 is 1.22 bits per heavy atom. The number of fused-ring (bicyclic) bond motifs is 1. The summed E-state index contributed by atoms with van der Waals surface area (Å²) in [6.07, 6.45) is 0. The van der Waals surface area contributed by atoms with Crippen molar-refractivity contribution in [2.24, 2.45) is 0 Å². The molecule has 0 atom stereocenters. The van der Waals surface area contributed by atoms with E-state index in [9.17, 15) is 0 Å². The largest absolute Gasteiger partial charge is 0.395 e. The van der Waals surface area contributed by atoms with Crippen LogP contribution in [0.4, 0.5) is 0 Å². The summed E-state index contributed by atoms with van der Waals surface area (Å²) in [6.45, 7) is 3.68. The van der Waals surface area contributed by atoms with Gasteiger partial charge in [-0.05, 0) is 24.6 Å². The molecule has 1 aromatic heterocycles. The van der Waals surface area contributed by atoms with Gasteiger partial charge in [0, 0.05) is 13.1 Å². The number of aryl methyl sites for hydroxylation is 1. The SMILES string of the molecule is Cc1ccc2nnn(CN(CCO)CCO)c2c1. The molecule has 2 rings (SSSR count). The second-order valence-electron chi connectivity index (χ2n) is 4.29. The van der Waals surface area contributed by atoms with Gasteiger partial charge in [0.15, 0.2) is 0 Å². The van der Waals surface area contributed by atoms with Gasteiger partial charge in [-0.2, -0.15) is 0 Å². The normalized spacial score (nSPS) is 11.6. The van der Waals surface area contributed by atoms with Crippen molar-refractivity contribution in [2.45, 2.75) is 13.6 Å². The summed E-state index contributed by atoms with van der Waals surface area (Å²) in [4.78, 5) is 1.93. The molecule has 1 heterocycles. The molecule has 0 aliphatic heterocycles. The van der Waals surface area contributed by atoms with Crippen LogP contribution in [0.5, 0.6) is 0 Å². The van der Waals surface area contributed by atoms with E-state index in [4.69, 9.17) is 10.2 Å². The molecular weight excluding hydrogens is 232 g/mol. The highest BCUT2D eigenvalue weighted by Gasteiger charge is 2.09. The molecule has 6 heteroatoms. The van der Waals surface area contributed by atoms with Crippen molar-refractivity contribution >= 4 is 11.0 Å². The van der Waals surface area contributed by atoms with Crippen LogP contribution in [-0.2, 0) is 6.67 Å². The van der Waals surface area contributed by atoms with Gasteiger partial charge in [-0.1, -0.05) is 11.3 Å². The molecule has 0 bridgehead atoms. The highest BCUT2D eigenvalue weighted by atomic mass is 16.3. The van der Waals surface area contributed by atoms with Gasteiger partial charge in [0.25, 0.3) is 0 Å². The third-order valence-electron chi connectivity index (χ3n) is 2.84. The average Bonchev–Trinajstić information content (AvgIpc) is 2.73. The first-order chi connectivity index (χ1) is 8.74. The number of hydrogen-bond donors (Lipinski definition) is 2. The lowest BCUT2D eigenvalue weighted by Gasteiger charge is -2.19. The summed E-state index contributed by atoms with van der Waals surface area (Å²) in [5.41, 5.74) is 2.98. The molecule has 0 fully saturated rings. The van der Waals surface area contributed by atoms with E-state index in [1.54, 1.807) is 4.68 Å². The first kappa shape index (κ1) is 12.9. The Balaban J connectivity index is 2.21. The summed E-state index contributed by atoms with van der Waals surface area (Å²) in [5.74, 6) is 0. The standard InChI is InChI=1S/C12H18N4O2/c1-10-2-3-11-12(8-10)16(14-13-11)9-15(4-6-17)5-7-18/h2-3,8,17-18H,4-7,9H2,1H3. The number of aliphatic hydroxyl groups excluding tert-OH is 2. The van der Waals surface area contributed by atoms with Crippen molar-refractivity contribution in [3.63, 3.8) is 0 Å². The van der Waals surface area contributed by atoms with E-state index in [2.05, 4.69) is 10.3 Å². The van der Waals surface area contributed by atoms with Crippen LogP contribution in [0.15, 0.2) is 18.2 Å². The van der Waals surface area contributed by atoms with Gasteiger partial charge in [0.05, 0.1) is 25.4 Å². The fraction of sp³-hybridized carbons (Fsp3) is 0.500. The molecule has 0 aliphatic rings. The summed E-state index contributed by atoms with van der Waals surface area (Å²) < 4.78 is 1.79. The number of nitrogens with zero attached hydrogens (tertiary/aromatic N) is 4. The Bertz CT molecular complexity index is 506. The number of aliphatic hydroxyl groups is 2. The summed E-state index contributed by atoms with van der Waals surface area (Å²) >= 11 is 0. The molecule has 1 aromatic carbocycles. The Morgan fingerprint density at radius 2 is 1.94 bits per heavy atom. The van der Waals surface area contributed by atoms with Crippen LogP contribution in [0.3, 0.4) is 0 Å². The molecule has 0 radical (unpaired) electrons. The molecule has 0 aliphatic carbocycles. The maximum atomic E-state index is 8.98. The van der Waals surface area contributed by atoms with Crippen LogP contribution in [0, 0.1) is 6.92 Å². The first-order valence-electron chi connectivity index (χ1n) is 5.98. The quantitative estimate of drug-likeness (QED) is 0.754. The number of rotatable bonds is 6. The zero-order valence-electron chi connectivity index (χ0n) is 10.5. The predicted molar refractivity (Wildman–Crippen MR) is 68.0 cm³/mol. The van der Waals surface area contributed by atoms with Gasteiger partial charge in [-0.3, -0.25) is 4.90 Å². The van der Waals surface area contributed by atoms with Crippen LogP contribution < -0.4 is 0 Å². The molecule has 0 unspecified atom stereocenters. The van der Waals surface area contributed by atoms with Gasteiger partial charge < -0.3 is 10.2 Å². The van der Waals surface area contributed by atoms with Gasteiger partial charge >= 0.3 is 0 Å². The van der Waals surface area contributed by atoms with Crippen LogP contribution >= 0.6 is 0 Å². The lowest BCUT2D eigenvalue weighted by atomic mass is 10.2. The zero-order chi connectivity index (χ0) is 13.0. The van der Waals surface area contributed by atoms with Crippen LogP contribution in [-0.4, -0.2) is 56.4 Å². The fourth-order valence-corrected chi connectivity index (χ4v) is 1.91. The number of benzene rings is 1. The first-order valence-corrected chi connectivity index (χ1v) is 5.98. The van der Waals surface area contributed by atoms with Gasteiger partial charge in [0.2, 0.25) is 0 Å². The van der Waals surface area contributed by atoms with Crippen molar-refractivity contribution in [1.29, 1.82) is 0 Å². The van der Waals surface area contributed by atoms with Crippen molar-refractivity contribution in [3.8, 4) is 0 Å². The molecule has 0 spiro atoms. The Kier molecular flexibility index (Phi) is 4.24. The van der Waals surface area contributed by atoms with E-state index in [1.807, 2.05) is 30.0 Å². The zero-order valence-corrected chi connectivity index (χ0v) is 10.5. The summed E-state index contributed by atoms with van der Waals surface area (Å²) in [7, 11) is 0. The number of hydrogen-bond acceptors (Lipinski definition) is 5. The Morgan fingerprint density at radius 3 is 2.61 bits per heavy atom. The molecule has 98 valence electrons. The van der Waals surface area contributed by atoms with E-state index in [0.29, 0.717) is 19.8 Å². The highest BCUT2D eigenvalue weighted by Crippen LogP contribution is 2.13. The van der Waals surface area contributed by atoms with E-state index in [0.717, 1.165) is 16.6 Å². The summed E-state index contributed by atoms with van der Waals surface area (Å²) in [6, 6.07) is 5.97. The van der Waals surface area contributed by atoms with Crippen LogP contribution in [0.1, 0.15) is 5.56 Å². The minimum absolute atomic E-state index is 0.0612. The molecule has 2 aromatic rings. The molecule has 0 amide bonds. The molecule has 0 saturated carbocycles. The Labute approximate surface area is 105 Å². The van der Waals surface area contributed by atoms with E-state index in [1.165, 1.54) is 0 Å². The Hall–Kier alpha value is -1.50. The second kappa shape index (κ2) is 5.90. The topological polar surface area (TPSA) is 74.4 Å². The maximum Gasteiger partial charge on any atom is 0.113 e. The van der Waals surface area contributed by atoms with E-state index < -0.39 is 0 Å². The lowest BCUT2D eigenvalue weighted by Crippen LogP contribution is -2.32. The van der Waals surface area contributed by atoms with Crippen LogP contribution in [0.2, 0.25) is 0 Å². The van der Waals surface area contributed by atoms with Crippen molar-refractivity contribution in [1.82, 2.24) is 19.9 Å². The van der Waals surface area contributed by atoms with Gasteiger partial charge in [0.1, 0.15) is 5.52 Å². The molecule has 6 nitrogen and oxygen atoms in total. The predicted octanol–water partition coefficient (Wildman–Crippen LogP) is -0.0162. The maximum absolute atomic E-state index is 8.98. The summed E-state index contributed by atoms with van der Waals surface area (Å²) in [5, 5.41) is 26.2. The lowest BCUT2D eigenvalue weighted by molar-refractivity contribution is 0.130. The minimum Gasteiger partial charge on any atom is -0.395 e. The third kappa shape index (κ3) is 2.84. The molecule has 18 heavy (non-hydrogen) atoms. The van der Waals surface area contributed by atoms with Crippen LogP contribution in [0.25, 0.3) is 11.0 Å². The van der Waals surface area contributed by atoms with Gasteiger partial charge in [-0.25, -0.2) is 4.68 Å². The van der Waals surface area contributed by atoms with Crippen molar-refractivity contribution in [2.75, 3.05) is 26.3 Å². The minimum atomic E-state index is 0.0612. The average molecular weight is 250 g/mol.